The Balaban J connectivity index is 2.84. The average molecular weight is 397 g/mol. The van der Waals surface area contributed by atoms with E-state index in [0.717, 1.165) is 5.75 Å². The molecule has 1 aromatic rings. The SMILES string of the molecule is CC(C)(C)[Si](C)(C)OCC(COc1ccccc1)O[Si](C)(C)C(C)(C)C. The predicted octanol–water partition coefficient (Wildman–Crippen LogP) is 6.48. The lowest BCUT2D eigenvalue weighted by Crippen LogP contribution is -2.49. The van der Waals surface area contributed by atoms with Crippen molar-refractivity contribution in [1.29, 1.82) is 0 Å². The van der Waals surface area contributed by atoms with Crippen LogP contribution in [0.3, 0.4) is 0 Å². The highest BCUT2D eigenvalue weighted by Crippen LogP contribution is 2.39. The van der Waals surface area contributed by atoms with Crippen LogP contribution in [0.25, 0.3) is 0 Å². The molecule has 0 N–H and O–H groups in total. The average Bonchev–Trinajstić information content (AvgIpc) is 2.48. The highest BCUT2D eigenvalue weighted by atomic mass is 28.4. The number of para-hydroxylation sites is 1. The van der Waals surface area contributed by atoms with Gasteiger partial charge in [-0.15, -0.1) is 0 Å². The fourth-order valence-corrected chi connectivity index (χ4v) is 4.29. The van der Waals surface area contributed by atoms with Crippen molar-refractivity contribution in [3.8, 4) is 5.75 Å². The molecule has 0 aromatic heterocycles. The summed E-state index contributed by atoms with van der Waals surface area (Å²) in [4.78, 5) is 0. The van der Waals surface area contributed by atoms with Crippen molar-refractivity contribution in [3.63, 3.8) is 0 Å². The van der Waals surface area contributed by atoms with Gasteiger partial charge >= 0.3 is 0 Å². The number of rotatable bonds is 8. The van der Waals surface area contributed by atoms with Crippen molar-refractivity contribution in [3.05, 3.63) is 30.3 Å². The first-order chi connectivity index (χ1) is 11.7. The molecule has 0 amide bonds. The Bertz CT molecular complexity index is 543. The van der Waals surface area contributed by atoms with E-state index in [2.05, 4.69) is 67.7 Å². The Morgan fingerprint density at radius 3 is 1.73 bits per heavy atom. The van der Waals surface area contributed by atoms with Crippen molar-refractivity contribution in [2.45, 2.75) is 83.9 Å². The van der Waals surface area contributed by atoms with Gasteiger partial charge in [-0.1, -0.05) is 59.7 Å². The lowest BCUT2D eigenvalue weighted by molar-refractivity contribution is 0.0653. The molecule has 0 saturated heterocycles. The van der Waals surface area contributed by atoms with Crippen LogP contribution < -0.4 is 4.74 Å². The topological polar surface area (TPSA) is 27.7 Å². The normalized spacial score (nSPS) is 15.0. The lowest BCUT2D eigenvalue weighted by atomic mass is 10.2. The van der Waals surface area contributed by atoms with E-state index in [1.807, 2.05) is 30.3 Å². The highest BCUT2D eigenvalue weighted by Gasteiger charge is 2.41. The molecule has 26 heavy (non-hydrogen) atoms. The molecule has 0 saturated carbocycles. The van der Waals surface area contributed by atoms with Gasteiger partial charge in [0, 0.05) is 0 Å². The van der Waals surface area contributed by atoms with Crippen molar-refractivity contribution >= 4 is 16.6 Å². The largest absolute Gasteiger partial charge is 0.491 e. The Morgan fingerprint density at radius 1 is 0.769 bits per heavy atom. The standard InChI is InChI=1S/C21H40O3Si2/c1-20(2,3)25(7,8)23-17-19(24-26(9,10)21(4,5)6)16-22-18-14-12-11-13-15-18/h11-15,19H,16-17H2,1-10H3. The monoisotopic (exact) mass is 396 g/mol. The third-order valence-electron chi connectivity index (χ3n) is 5.88. The van der Waals surface area contributed by atoms with Gasteiger partial charge in [-0.05, 0) is 48.4 Å². The zero-order valence-corrected chi connectivity index (χ0v) is 20.6. The van der Waals surface area contributed by atoms with Gasteiger partial charge < -0.3 is 13.6 Å². The third kappa shape index (κ3) is 6.84. The minimum Gasteiger partial charge on any atom is -0.491 e. The maximum Gasteiger partial charge on any atom is 0.192 e. The molecule has 1 aromatic carbocycles. The van der Waals surface area contributed by atoms with Crippen LogP contribution in [-0.2, 0) is 8.85 Å². The summed E-state index contributed by atoms with van der Waals surface area (Å²) < 4.78 is 19.1. The molecule has 0 aliphatic carbocycles. The molecular weight excluding hydrogens is 356 g/mol. The first-order valence-electron chi connectivity index (χ1n) is 9.65. The molecule has 0 aliphatic rings. The van der Waals surface area contributed by atoms with Crippen LogP contribution in [0.4, 0.5) is 0 Å². The molecule has 150 valence electrons. The summed E-state index contributed by atoms with van der Waals surface area (Å²) in [7, 11) is -3.71. The number of hydrogen-bond donors (Lipinski definition) is 0. The Morgan fingerprint density at radius 2 is 1.27 bits per heavy atom. The maximum atomic E-state index is 6.64. The van der Waals surface area contributed by atoms with Gasteiger partial charge in [-0.3, -0.25) is 0 Å². The molecule has 0 bridgehead atoms. The molecule has 0 aliphatic heterocycles. The number of ether oxygens (including phenoxy) is 1. The van der Waals surface area contributed by atoms with Crippen molar-refractivity contribution in [2.75, 3.05) is 13.2 Å². The summed E-state index contributed by atoms with van der Waals surface area (Å²) in [6, 6.07) is 9.95. The lowest BCUT2D eigenvalue weighted by Gasteiger charge is -2.41. The Kier molecular flexibility index (Phi) is 7.73. The number of hydrogen-bond acceptors (Lipinski definition) is 3. The molecule has 0 radical (unpaired) electrons. The highest BCUT2D eigenvalue weighted by molar-refractivity contribution is 6.74. The van der Waals surface area contributed by atoms with E-state index in [1.165, 1.54) is 0 Å². The predicted molar refractivity (Wildman–Crippen MR) is 117 cm³/mol. The smallest absolute Gasteiger partial charge is 0.192 e. The second kappa shape index (κ2) is 8.59. The van der Waals surface area contributed by atoms with Crippen LogP contribution in [0.2, 0.25) is 36.3 Å². The molecule has 1 atom stereocenters. The zero-order valence-electron chi connectivity index (χ0n) is 18.6. The fourth-order valence-electron chi connectivity index (χ4n) is 1.93. The van der Waals surface area contributed by atoms with Gasteiger partial charge in [0.2, 0.25) is 0 Å². The minimum absolute atomic E-state index is 0.0507. The van der Waals surface area contributed by atoms with Crippen LogP contribution in [0.15, 0.2) is 30.3 Å². The van der Waals surface area contributed by atoms with Gasteiger partial charge in [0.05, 0.1) is 6.61 Å². The van der Waals surface area contributed by atoms with E-state index < -0.39 is 16.6 Å². The summed E-state index contributed by atoms with van der Waals surface area (Å²) in [5.41, 5.74) is 0. The summed E-state index contributed by atoms with van der Waals surface area (Å²) in [6.45, 7) is 23.9. The van der Waals surface area contributed by atoms with Crippen LogP contribution in [-0.4, -0.2) is 36.0 Å². The quantitative estimate of drug-likeness (QED) is 0.471. The molecule has 5 heteroatoms. The molecule has 3 nitrogen and oxygen atoms in total. The van der Waals surface area contributed by atoms with Crippen LogP contribution >= 0.6 is 0 Å². The first kappa shape index (κ1) is 23.4. The van der Waals surface area contributed by atoms with E-state index in [4.69, 9.17) is 13.6 Å². The minimum atomic E-state index is -1.89. The molecule has 1 rings (SSSR count). The Labute approximate surface area is 163 Å². The summed E-state index contributed by atoms with van der Waals surface area (Å²) in [6.07, 6.45) is -0.0507. The van der Waals surface area contributed by atoms with Gasteiger partial charge in [0.1, 0.15) is 18.5 Å². The van der Waals surface area contributed by atoms with Crippen LogP contribution in [0.5, 0.6) is 5.75 Å². The van der Waals surface area contributed by atoms with Gasteiger partial charge in [0.15, 0.2) is 16.6 Å². The van der Waals surface area contributed by atoms with Gasteiger partial charge in [0.25, 0.3) is 0 Å². The van der Waals surface area contributed by atoms with Crippen molar-refractivity contribution in [1.82, 2.24) is 0 Å². The molecular formula is C21H40O3Si2. The van der Waals surface area contributed by atoms with E-state index in [1.54, 1.807) is 0 Å². The van der Waals surface area contributed by atoms with E-state index >= 15 is 0 Å². The maximum absolute atomic E-state index is 6.64. The molecule has 1 unspecified atom stereocenters. The second-order valence-corrected chi connectivity index (χ2v) is 19.8. The first-order valence-corrected chi connectivity index (χ1v) is 15.5. The second-order valence-electron chi connectivity index (χ2n) is 10.2. The summed E-state index contributed by atoms with van der Waals surface area (Å²) in [5, 5.41) is 0.351. The molecule has 0 fully saturated rings. The number of benzene rings is 1. The van der Waals surface area contributed by atoms with Gasteiger partial charge in [-0.25, -0.2) is 0 Å². The van der Waals surface area contributed by atoms with Gasteiger partial charge in [-0.2, -0.15) is 0 Å². The summed E-state index contributed by atoms with van der Waals surface area (Å²) >= 11 is 0. The summed E-state index contributed by atoms with van der Waals surface area (Å²) in [5.74, 6) is 0.878. The van der Waals surface area contributed by atoms with E-state index in [9.17, 15) is 0 Å². The third-order valence-corrected chi connectivity index (χ3v) is 14.9. The van der Waals surface area contributed by atoms with Crippen LogP contribution in [0, 0.1) is 0 Å². The zero-order chi connectivity index (χ0) is 20.2. The van der Waals surface area contributed by atoms with E-state index in [0.29, 0.717) is 13.2 Å². The Hall–Kier alpha value is -0.626. The fraction of sp³-hybridized carbons (Fsp3) is 0.714. The molecule has 0 spiro atoms. The van der Waals surface area contributed by atoms with Crippen LogP contribution in [0.1, 0.15) is 41.5 Å². The van der Waals surface area contributed by atoms with E-state index in [-0.39, 0.29) is 16.2 Å². The molecule has 0 heterocycles. The van der Waals surface area contributed by atoms with Crippen molar-refractivity contribution in [2.24, 2.45) is 0 Å². The van der Waals surface area contributed by atoms with Crippen molar-refractivity contribution < 1.29 is 13.6 Å².